The first-order chi connectivity index (χ1) is 14.2. The lowest BCUT2D eigenvalue weighted by Crippen LogP contribution is -2.35. The normalized spacial score (nSPS) is 12.9. The van der Waals surface area contributed by atoms with E-state index in [0.717, 1.165) is 15.4 Å². The number of nitriles is 1. The average molecular weight is 423 g/mol. The summed E-state index contributed by atoms with van der Waals surface area (Å²) in [5.41, 5.74) is 2.01. The van der Waals surface area contributed by atoms with Gasteiger partial charge in [-0.05, 0) is 24.1 Å². The molecule has 0 aliphatic carbocycles. The highest BCUT2D eigenvalue weighted by atomic mass is 32.1. The number of carbonyl (C=O) groups excluding carboxylic acids is 2. The minimum absolute atomic E-state index is 0.0904. The number of anilines is 1. The molecule has 3 aromatic rings. The second kappa shape index (κ2) is 8.55. The van der Waals surface area contributed by atoms with Crippen LogP contribution in [0.3, 0.4) is 0 Å². The predicted octanol–water partition coefficient (Wildman–Crippen LogP) is 3.85. The van der Waals surface area contributed by atoms with Crippen LogP contribution >= 0.6 is 22.7 Å². The van der Waals surface area contributed by atoms with Gasteiger partial charge in [-0.3, -0.25) is 9.59 Å². The van der Waals surface area contributed by atoms with Crippen LogP contribution in [0.15, 0.2) is 41.9 Å². The van der Waals surface area contributed by atoms with Crippen molar-refractivity contribution in [3.05, 3.63) is 68.5 Å². The van der Waals surface area contributed by atoms with E-state index in [1.165, 1.54) is 11.3 Å². The first-order valence-electron chi connectivity index (χ1n) is 9.23. The number of rotatable bonds is 5. The van der Waals surface area contributed by atoms with Crippen LogP contribution in [0.4, 0.5) is 5.00 Å². The summed E-state index contributed by atoms with van der Waals surface area (Å²) >= 11 is 2.94. The molecule has 1 aliphatic rings. The number of nitrogens with zero attached hydrogens (tertiary/aromatic N) is 3. The zero-order valence-corrected chi connectivity index (χ0v) is 17.2. The van der Waals surface area contributed by atoms with Crippen LogP contribution in [-0.2, 0) is 24.2 Å². The summed E-state index contributed by atoms with van der Waals surface area (Å²) in [6, 6.07) is 11.2. The molecule has 6 nitrogen and oxygen atoms in total. The molecule has 0 saturated heterocycles. The number of nitrogens with one attached hydrogen (secondary N) is 1. The number of amides is 2. The Labute approximate surface area is 176 Å². The van der Waals surface area contributed by atoms with Crippen molar-refractivity contribution in [2.45, 2.75) is 25.8 Å². The molecule has 1 N–H and O–H groups in total. The van der Waals surface area contributed by atoms with Crippen LogP contribution in [-0.4, -0.2) is 28.2 Å². The molecule has 0 saturated carbocycles. The van der Waals surface area contributed by atoms with Crippen LogP contribution in [0, 0.1) is 11.3 Å². The van der Waals surface area contributed by atoms with Crippen molar-refractivity contribution in [1.82, 2.24) is 9.88 Å². The van der Waals surface area contributed by atoms with E-state index >= 15 is 0 Å². The number of aromatic nitrogens is 1. The lowest BCUT2D eigenvalue weighted by molar-refractivity contribution is -0.132. The average Bonchev–Trinajstić information content (AvgIpc) is 3.39. The summed E-state index contributed by atoms with van der Waals surface area (Å²) < 4.78 is 0. The zero-order valence-electron chi connectivity index (χ0n) is 15.6. The Kier molecular flexibility index (Phi) is 5.69. The van der Waals surface area contributed by atoms with Crippen LogP contribution < -0.4 is 5.32 Å². The van der Waals surface area contributed by atoms with E-state index in [1.54, 1.807) is 41.8 Å². The third-order valence-corrected chi connectivity index (χ3v) is 6.79. The molecule has 0 atom stereocenters. The fourth-order valence-electron chi connectivity index (χ4n) is 3.34. The molecule has 0 bridgehead atoms. The SMILES string of the molecule is N#Cc1c(NC(=O)c2ccccc2)sc2c1CCN(C(=O)CCc1nccs1)C2. The number of hydrogen-bond acceptors (Lipinski definition) is 6. The third kappa shape index (κ3) is 4.21. The first-order valence-corrected chi connectivity index (χ1v) is 10.9. The number of benzene rings is 1. The molecule has 0 unspecified atom stereocenters. The largest absolute Gasteiger partial charge is 0.337 e. The van der Waals surface area contributed by atoms with Crippen molar-refractivity contribution in [3.63, 3.8) is 0 Å². The summed E-state index contributed by atoms with van der Waals surface area (Å²) in [5.74, 6) is -0.148. The van der Waals surface area contributed by atoms with Crippen LogP contribution in [0.25, 0.3) is 0 Å². The van der Waals surface area contributed by atoms with Gasteiger partial charge in [0.05, 0.1) is 17.1 Å². The Balaban J connectivity index is 1.46. The minimum atomic E-state index is -0.239. The fourth-order valence-corrected chi connectivity index (χ4v) is 5.17. The molecule has 29 heavy (non-hydrogen) atoms. The summed E-state index contributed by atoms with van der Waals surface area (Å²) in [6.07, 6.45) is 3.44. The molecule has 0 fully saturated rings. The van der Waals surface area contributed by atoms with Gasteiger partial charge in [-0.2, -0.15) is 5.26 Å². The monoisotopic (exact) mass is 422 g/mol. The Morgan fingerprint density at radius 3 is 2.83 bits per heavy atom. The summed E-state index contributed by atoms with van der Waals surface area (Å²) in [5, 5.41) is 15.9. The number of carbonyl (C=O) groups is 2. The molecule has 3 heterocycles. The number of thiophene rings is 1. The Morgan fingerprint density at radius 2 is 2.10 bits per heavy atom. The second-order valence-electron chi connectivity index (χ2n) is 6.63. The number of hydrogen-bond donors (Lipinski definition) is 1. The number of thiazole rings is 1. The van der Waals surface area contributed by atoms with E-state index < -0.39 is 0 Å². The van der Waals surface area contributed by atoms with Crippen LogP contribution in [0.2, 0.25) is 0 Å². The van der Waals surface area contributed by atoms with Gasteiger partial charge in [0.25, 0.3) is 5.91 Å². The highest BCUT2D eigenvalue weighted by Gasteiger charge is 2.27. The van der Waals surface area contributed by atoms with E-state index in [1.807, 2.05) is 16.3 Å². The molecule has 4 rings (SSSR count). The zero-order chi connectivity index (χ0) is 20.2. The van der Waals surface area contributed by atoms with Crippen molar-refractivity contribution in [2.75, 3.05) is 11.9 Å². The van der Waals surface area contributed by atoms with Crippen molar-refractivity contribution >= 4 is 39.5 Å². The molecule has 1 aromatic carbocycles. The van der Waals surface area contributed by atoms with E-state index in [-0.39, 0.29) is 11.8 Å². The van der Waals surface area contributed by atoms with Gasteiger partial charge >= 0.3 is 0 Å². The van der Waals surface area contributed by atoms with Gasteiger partial charge in [-0.25, -0.2) is 4.98 Å². The van der Waals surface area contributed by atoms with E-state index in [0.29, 0.717) is 48.5 Å². The Bertz CT molecular complexity index is 1070. The van der Waals surface area contributed by atoms with Gasteiger partial charge in [0.1, 0.15) is 11.1 Å². The molecule has 146 valence electrons. The first kappa shape index (κ1) is 19.3. The minimum Gasteiger partial charge on any atom is -0.337 e. The highest BCUT2D eigenvalue weighted by molar-refractivity contribution is 7.16. The predicted molar refractivity (Wildman–Crippen MR) is 113 cm³/mol. The van der Waals surface area contributed by atoms with Gasteiger partial charge < -0.3 is 10.2 Å². The quantitative estimate of drug-likeness (QED) is 0.677. The Morgan fingerprint density at radius 1 is 1.28 bits per heavy atom. The van der Waals surface area contributed by atoms with Crippen molar-refractivity contribution in [2.24, 2.45) is 0 Å². The fraction of sp³-hybridized carbons (Fsp3) is 0.238. The van der Waals surface area contributed by atoms with Crippen molar-refractivity contribution < 1.29 is 9.59 Å². The van der Waals surface area contributed by atoms with Crippen LogP contribution in [0.5, 0.6) is 0 Å². The van der Waals surface area contributed by atoms with Gasteiger partial charge in [-0.1, -0.05) is 18.2 Å². The van der Waals surface area contributed by atoms with Gasteiger partial charge in [0.2, 0.25) is 5.91 Å². The molecular formula is C21H18N4O2S2. The molecule has 1 aliphatic heterocycles. The number of fused-ring (bicyclic) bond motifs is 1. The van der Waals surface area contributed by atoms with Crippen molar-refractivity contribution in [1.29, 1.82) is 5.26 Å². The molecule has 0 radical (unpaired) electrons. The maximum Gasteiger partial charge on any atom is 0.256 e. The maximum atomic E-state index is 12.6. The number of aryl methyl sites for hydroxylation is 1. The summed E-state index contributed by atoms with van der Waals surface area (Å²) in [4.78, 5) is 32.1. The lowest BCUT2D eigenvalue weighted by Gasteiger charge is -2.27. The van der Waals surface area contributed by atoms with Gasteiger partial charge in [0.15, 0.2) is 0 Å². The molecule has 0 spiro atoms. The van der Waals surface area contributed by atoms with E-state index in [4.69, 9.17) is 0 Å². The lowest BCUT2D eigenvalue weighted by atomic mass is 10.0. The van der Waals surface area contributed by atoms with Crippen molar-refractivity contribution in [3.8, 4) is 6.07 Å². The van der Waals surface area contributed by atoms with E-state index in [2.05, 4.69) is 16.4 Å². The Hall–Kier alpha value is -3.02. The smallest absolute Gasteiger partial charge is 0.256 e. The highest BCUT2D eigenvalue weighted by Crippen LogP contribution is 2.37. The van der Waals surface area contributed by atoms with Crippen LogP contribution in [0.1, 0.15) is 37.8 Å². The van der Waals surface area contributed by atoms with Gasteiger partial charge in [-0.15, -0.1) is 22.7 Å². The second-order valence-corrected chi connectivity index (χ2v) is 8.72. The third-order valence-electron chi connectivity index (χ3n) is 4.82. The molecular weight excluding hydrogens is 404 g/mol. The molecule has 2 amide bonds. The molecule has 8 heteroatoms. The summed E-state index contributed by atoms with van der Waals surface area (Å²) in [6.45, 7) is 1.06. The molecule has 2 aromatic heterocycles. The topological polar surface area (TPSA) is 86.1 Å². The summed E-state index contributed by atoms with van der Waals surface area (Å²) in [7, 11) is 0. The van der Waals surface area contributed by atoms with Gasteiger partial charge in [0, 0.05) is 41.4 Å². The van der Waals surface area contributed by atoms with E-state index in [9.17, 15) is 14.9 Å². The standard InChI is InChI=1S/C21H18N4O2S2/c22-12-16-15-8-10-25(19(26)7-6-18-23-9-11-28-18)13-17(15)29-21(16)24-20(27)14-4-2-1-3-5-14/h1-5,9,11H,6-8,10,13H2,(H,24,27). The maximum absolute atomic E-state index is 12.6.